The van der Waals surface area contributed by atoms with Crippen molar-refractivity contribution >= 4 is 11.1 Å². The zero-order valence-corrected chi connectivity index (χ0v) is 11.4. The van der Waals surface area contributed by atoms with Gasteiger partial charge in [-0.15, -0.1) is 0 Å². The fraction of sp³-hybridized carbons (Fsp3) is 0.333. The summed E-state index contributed by atoms with van der Waals surface area (Å²) in [5, 5.41) is 4.10. The molecule has 6 nitrogen and oxygen atoms in total. The number of pyridine rings is 1. The van der Waals surface area contributed by atoms with Crippen molar-refractivity contribution in [2.24, 2.45) is 0 Å². The van der Waals surface area contributed by atoms with Crippen LogP contribution in [0.3, 0.4) is 0 Å². The number of hydrogen-bond acceptors (Lipinski definition) is 5. The van der Waals surface area contributed by atoms with E-state index in [1.54, 1.807) is 12.4 Å². The first-order valence-electron chi connectivity index (χ1n) is 7.13. The average Bonchev–Trinajstić information content (AvgIpc) is 3.16. The summed E-state index contributed by atoms with van der Waals surface area (Å²) in [6.07, 6.45) is 7.90. The third-order valence-corrected chi connectivity index (χ3v) is 4.05. The van der Waals surface area contributed by atoms with E-state index in [9.17, 15) is 4.79 Å². The number of nitrogens with one attached hydrogen (secondary N) is 1. The minimum atomic E-state index is -0.288. The Morgan fingerprint density at radius 3 is 2.71 bits per heavy atom. The zero-order valence-electron chi connectivity index (χ0n) is 11.4. The van der Waals surface area contributed by atoms with Crippen molar-refractivity contribution in [3.05, 3.63) is 40.6 Å². The molecule has 4 rings (SSSR count). The lowest BCUT2D eigenvalue weighted by Gasteiger charge is -2.04. The maximum atomic E-state index is 12.2. The number of H-pyrrole nitrogens is 1. The van der Waals surface area contributed by atoms with Crippen molar-refractivity contribution in [1.82, 2.24) is 20.1 Å². The first kappa shape index (κ1) is 12.3. The largest absolute Gasteiger partial charge is 0.348 e. The van der Waals surface area contributed by atoms with E-state index in [4.69, 9.17) is 4.52 Å². The molecule has 0 atom stereocenters. The molecule has 3 aromatic heterocycles. The summed E-state index contributed by atoms with van der Waals surface area (Å²) in [4.78, 5) is 23.4. The Labute approximate surface area is 120 Å². The van der Waals surface area contributed by atoms with Gasteiger partial charge >= 0.3 is 0 Å². The van der Waals surface area contributed by atoms with E-state index in [1.165, 1.54) is 12.8 Å². The smallest absolute Gasteiger partial charge is 0.297 e. The lowest BCUT2D eigenvalue weighted by Crippen LogP contribution is -2.09. The molecule has 6 heteroatoms. The molecule has 0 aromatic carbocycles. The van der Waals surface area contributed by atoms with Crippen LogP contribution in [0.25, 0.3) is 22.5 Å². The van der Waals surface area contributed by atoms with Crippen LogP contribution < -0.4 is 5.56 Å². The van der Waals surface area contributed by atoms with Gasteiger partial charge in [0.05, 0.1) is 0 Å². The van der Waals surface area contributed by atoms with Gasteiger partial charge in [0.2, 0.25) is 5.58 Å². The molecule has 0 bridgehead atoms. The molecule has 0 radical (unpaired) electrons. The molecule has 0 spiro atoms. The maximum Gasteiger partial charge on any atom is 0.297 e. The molecule has 1 saturated carbocycles. The van der Waals surface area contributed by atoms with E-state index in [-0.39, 0.29) is 11.1 Å². The van der Waals surface area contributed by atoms with Crippen LogP contribution in [0.4, 0.5) is 0 Å². The summed E-state index contributed by atoms with van der Waals surface area (Å²) >= 11 is 0. The number of fused-ring (bicyclic) bond motifs is 1. The molecule has 1 N–H and O–H groups in total. The Morgan fingerprint density at radius 2 is 1.95 bits per heavy atom. The van der Waals surface area contributed by atoms with Crippen molar-refractivity contribution < 1.29 is 4.52 Å². The fourth-order valence-corrected chi connectivity index (χ4v) is 2.97. The SMILES string of the molecule is O=c1[nH]c(-c2ccncc2)nc2c(C3CCCC3)noc12. The van der Waals surface area contributed by atoms with Gasteiger partial charge in [-0.05, 0) is 25.0 Å². The highest BCUT2D eigenvalue weighted by Gasteiger charge is 2.25. The van der Waals surface area contributed by atoms with Gasteiger partial charge in [-0.1, -0.05) is 18.0 Å². The topological polar surface area (TPSA) is 84.7 Å². The van der Waals surface area contributed by atoms with Crippen molar-refractivity contribution in [2.75, 3.05) is 0 Å². The summed E-state index contributed by atoms with van der Waals surface area (Å²) in [6.45, 7) is 0. The quantitative estimate of drug-likeness (QED) is 0.781. The van der Waals surface area contributed by atoms with Gasteiger partial charge in [0.15, 0.2) is 0 Å². The Hall–Kier alpha value is -2.50. The van der Waals surface area contributed by atoms with Gasteiger partial charge in [-0.2, -0.15) is 0 Å². The second-order valence-corrected chi connectivity index (χ2v) is 5.38. The Balaban J connectivity index is 1.91. The highest BCUT2D eigenvalue weighted by Crippen LogP contribution is 2.36. The third-order valence-electron chi connectivity index (χ3n) is 4.05. The predicted molar refractivity (Wildman–Crippen MR) is 76.9 cm³/mol. The van der Waals surface area contributed by atoms with Crippen molar-refractivity contribution in [2.45, 2.75) is 31.6 Å². The highest BCUT2D eigenvalue weighted by molar-refractivity contribution is 5.76. The van der Waals surface area contributed by atoms with Crippen LogP contribution in [0.1, 0.15) is 37.3 Å². The zero-order chi connectivity index (χ0) is 14.2. The van der Waals surface area contributed by atoms with Crippen LogP contribution >= 0.6 is 0 Å². The minimum absolute atomic E-state index is 0.217. The van der Waals surface area contributed by atoms with Gasteiger partial charge in [-0.25, -0.2) is 4.98 Å². The van der Waals surface area contributed by atoms with E-state index >= 15 is 0 Å². The molecule has 0 amide bonds. The molecule has 106 valence electrons. The summed E-state index contributed by atoms with van der Waals surface area (Å²) in [5.74, 6) is 0.878. The molecule has 0 unspecified atom stereocenters. The first-order chi connectivity index (χ1) is 10.3. The van der Waals surface area contributed by atoms with Crippen LogP contribution in [-0.2, 0) is 0 Å². The summed E-state index contributed by atoms with van der Waals surface area (Å²) in [5.41, 5.74) is 2.17. The minimum Gasteiger partial charge on any atom is -0.348 e. The lowest BCUT2D eigenvalue weighted by atomic mass is 10.0. The fourth-order valence-electron chi connectivity index (χ4n) is 2.97. The van der Waals surface area contributed by atoms with Crippen molar-refractivity contribution in [1.29, 1.82) is 0 Å². The monoisotopic (exact) mass is 282 g/mol. The van der Waals surface area contributed by atoms with E-state index < -0.39 is 0 Å². The standard InChI is InChI=1S/C15H14N4O2/c20-15-13-12(11(19-21-13)9-3-1-2-4-9)17-14(18-15)10-5-7-16-8-6-10/h5-9H,1-4H2,(H,17,18,20). The van der Waals surface area contributed by atoms with Crippen LogP contribution in [0, 0.1) is 0 Å². The van der Waals surface area contributed by atoms with Crippen LogP contribution in [0.15, 0.2) is 33.8 Å². The number of aromatic nitrogens is 4. The Kier molecular flexibility index (Phi) is 2.80. The number of rotatable bonds is 2. The normalized spacial score (nSPS) is 15.8. The van der Waals surface area contributed by atoms with Crippen molar-refractivity contribution in [3.63, 3.8) is 0 Å². The van der Waals surface area contributed by atoms with Crippen LogP contribution in [0.2, 0.25) is 0 Å². The molecule has 3 aromatic rings. The van der Waals surface area contributed by atoms with Crippen LogP contribution in [0.5, 0.6) is 0 Å². The molecule has 1 fully saturated rings. The van der Waals surface area contributed by atoms with Gasteiger partial charge in [0, 0.05) is 23.9 Å². The first-order valence-corrected chi connectivity index (χ1v) is 7.13. The summed E-state index contributed by atoms with van der Waals surface area (Å²) < 4.78 is 5.21. The van der Waals surface area contributed by atoms with Gasteiger partial charge in [0.25, 0.3) is 5.56 Å². The predicted octanol–water partition coefficient (Wildman–Crippen LogP) is 2.63. The Morgan fingerprint density at radius 1 is 1.19 bits per heavy atom. The van der Waals surface area contributed by atoms with Crippen molar-refractivity contribution in [3.8, 4) is 11.4 Å². The number of nitrogens with zero attached hydrogens (tertiary/aromatic N) is 3. The molecule has 1 aliphatic rings. The van der Waals surface area contributed by atoms with Gasteiger partial charge in [0.1, 0.15) is 17.0 Å². The van der Waals surface area contributed by atoms with E-state index in [0.29, 0.717) is 17.3 Å². The van der Waals surface area contributed by atoms with Gasteiger partial charge < -0.3 is 9.51 Å². The number of aromatic amines is 1. The van der Waals surface area contributed by atoms with Crippen LogP contribution in [-0.4, -0.2) is 20.1 Å². The molecule has 21 heavy (non-hydrogen) atoms. The molecule has 0 aliphatic heterocycles. The molecule has 1 aliphatic carbocycles. The lowest BCUT2D eigenvalue weighted by molar-refractivity contribution is 0.434. The number of hydrogen-bond donors (Lipinski definition) is 1. The second-order valence-electron chi connectivity index (χ2n) is 5.38. The molecule has 3 heterocycles. The molecule has 0 saturated heterocycles. The second kappa shape index (κ2) is 4.80. The van der Waals surface area contributed by atoms with Gasteiger partial charge in [-0.3, -0.25) is 9.78 Å². The average molecular weight is 282 g/mol. The Bertz CT molecular complexity index is 832. The molecular weight excluding hydrogens is 268 g/mol. The van der Waals surface area contributed by atoms with E-state index in [1.807, 2.05) is 12.1 Å². The third kappa shape index (κ3) is 2.03. The summed E-state index contributed by atoms with van der Waals surface area (Å²) in [6, 6.07) is 3.62. The summed E-state index contributed by atoms with van der Waals surface area (Å²) in [7, 11) is 0. The van der Waals surface area contributed by atoms with E-state index in [0.717, 1.165) is 24.1 Å². The maximum absolute atomic E-state index is 12.2. The highest BCUT2D eigenvalue weighted by atomic mass is 16.5. The molecular formula is C15H14N4O2. The van der Waals surface area contributed by atoms with E-state index in [2.05, 4.69) is 20.1 Å².